The van der Waals surface area contributed by atoms with Crippen molar-refractivity contribution >= 4 is 5.97 Å². The molecule has 3 aliphatic rings. The first-order chi connectivity index (χ1) is 17.2. The van der Waals surface area contributed by atoms with Crippen molar-refractivity contribution < 1.29 is 33.2 Å². The summed E-state index contributed by atoms with van der Waals surface area (Å²) in [6, 6.07) is 17.8. The monoisotopic (exact) mass is 474 g/mol. The summed E-state index contributed by atoms with van der Waals surface area (Å²) in [5, 5.41) is 0. The van der Waals surface area contributed by atoms with E-state index in [0.717, 1.165) is 34.4 Å². The van der Waals surface area contributed by atoms with Gasteiger partial charge >= 0.3 is 5.97 Å². The molecule has 0 bridgehead atoms. The minimum Gasteiger partial charge on any atom is -0.493 e. The van der Waals surface area contributed by atoms with Crippen LogP contribution in [0.1, 0.15) is 28.2 Å². The van der Waals surface area contributed by atoms with Crippen LogP contribution in [0, 0.1) is 11.8 Å². The highest BCUT2D eigenvalue weighted by Crippen LogP contribution is 2.52. The van der Waals surface area contributed by atoms with Gasteiger partial charge in [0.2, 0.25) is 12.5 Å². The minimum atomic E-state index is -0.298. The Bertz CT molecular complexity index is 1240. The van der Waals surface area contributed by atoms with Gasteiger partial charge in [-0.3, -0.25) is 4.79 Å². The zero-order valence-corrected chi connectivity index (χ0v) is 19.6. The average Bonchev–Trinajstić information content (AvgIpc) is 3.50. The van der Waals surface area contributed by atoms with E-state index in [4.69, 9.17) is 28.4 Å². The number of carbonyl (C=O) groups excluding carboxylic acids is 1. The number of benzene rings is 3. The molecule has 3 aromatic rings. The number of methoxy groups -OCH3 is 2. The molecule has 0 radical (unpaired) electrons. The molecular weight excluding hydrogens is 448 g/mol. The topological polar surface area (TPSA) is 72.5 Å². The fourth-order valence-corrected chi connectivity index (χ4v) is 5.46. The minimum absolute atomic E-state index is 0.0892. The molecule has 0 unspecified atom stereocenters. The number of carbonyl (C=O) groups is 1. The Kier molecular flexibility index (Phi) is 5.40. The summed E-state index contributed by atoms with van der Waals surface area (Å²) in [6.45, 7) is 0.993. The van der Waals surface area contributed by atoms with E-state index in [2.05, 4.69) is 0 Å². The van der Waals surface area contributed by atoms with Crippen molar-refractivity contribution in [2.24, 2.45) is 11.8 Å². The van der Waals surface area contributed by atoms with Crippen LogP contribution in [0.25, 0.3) is 0 Å². The van der Waals surface area contributed by atoms with Gasteiger partial charge in [0.1, 0.15) is 6.61 Å². The summed E-state index contributed by atoms with van der Waals surface area (Å²) in [5.41, 5.74) is 4.12. The lowest BCUT2D eigenvalue weighted by molar-refractivity contribution is -0.141. The van der Waals surface area contributed by atoms with Gasteiger partial charge in [0.15, 0.2) is 23.0 Å². The number of fused-ring (bicyclic) bond motifs is 3. The van der Waals surface area contributed by atoms with Crippen LogP contribution >= 0.6 is 0 Å². The predicted molar refractivity (Wildman–Crippen MR) is 126 cm³/mol. The smallest absolute Gasteiger partial charge is 0.310 e. The number of hydrogen-bond donors (Lipinski definition) is 0. The quantitative estimate of drug-likeness (QED) is 0.488. The van der Waals surface area contributed by atoms with E-state index < -0.39 is 0 Å². The van der Waals surface area contributed by atoms with Gasteiger partial charge < -0.3 is 28.4 Å². The molecule has 180 valence electrons. The predicted octanol–water partition coefficient (Wildman–Crippen LogP) is 4.49. The van der Waals surface area contributed by atoms with Crippen LogP contribution in [0.15, 0.2) is 54.6 Å². The Balaban J connectivity index is 1.44. The largest absolute Gasteiger partial charge is 0.493 e. The van der Waals surface area contributed by atoms with Gasteiger partial charge in [0.25, 0.3) is 0 Å². The van der Waals surface area contributed by atoms with Gasteiger partial charge in [-0.25, -0.2) is 0 Å². The zero-order valence-electron chi connectivity index (χ0n) is 19.6. The third-order valence-electron chi connectivity index (χ3n) is 7.10. The molecule has 0 amide bonds. The lowest BCUT2D eigenvalue weighted by Crippen LogP contribution is -2.31. The molecule has 2 heterocycles. The van der Waals surface area contributed by atoms with Gasteiger partial charge in [-0.1, -0.05) is 30.3 Å². The van der Waals surface area contributed by atoms with Crippen LogP contribution in [0.2, 0.25) is 0 Å². The van der Waals surface area contributed by atoms with Crippen molar-refractivity contribution in [2.45, 2.75) is 18.9 Å². The first kappa shape index (κ1) is 21.6. The van der Waals surface area contributed by atoms with E-state index in [9.17, 15) is 4.79 Å². The van der Waals surface area contributed by atoms with Crippen LogP contribution in [-0.4, -0.2) is 33.6 Å². The Morgan fingerprint density at radius 3 is 2.34 bits per heavy atom. The molecule has 3 atom stereocenters. The fourth-order valence-electron chi connectivity index (χ4n) is 5.46. The number of hydrogen-bond acceptors (Lipinski definition) is 7. The highest BCUT2D eigenvalue weighted by atomic mass is 16.7. The lowest BCUT2D eigenvalue weighted by atomic mass is 9.67. The normalized spacial score (nSPS) is 21.7. The maximum atomic E-state index is 12.9. The van der Waals surface area contributed by atoms with Crippen molar-refractivity contribution in [1.29, 1.82) is 0 Å². The Morgan fingerprint density at radius 2 is 1.63 bits per heavy atom. The van der Waals surface area contributed by atoms with E-state index in [-0.39, 0.29) is 30.5 Å². The summed E-state index contributed by atoms with van der Waals surface area (Å²) in [4.78, 5) is 12.9. The number of ether oxygens (including phenoxy) is 6. The van der Waals surface area contributed by atoms with E-state index in [1.165, 1.54) is 0 Å². The molecule has 1 aliphatic carbocycles. The number of rotatable bonds is 6. The summed E-state index contributed by atoms with van der Waals surface area (Å²) in [5.74, 6) is 2.43. The second kappa shape index (κ2) is 8.73. The molecule has 3 aromatic carbocycles. The summed E-state index contributed by atoms with van der Waals surface area (Å²) in [7, 11) is 3.21. The Hall–Kier alpha value is -3.87. The first-order valence-corrected chi connectivity index (χ1v) is 11.7. The van der Waals surface area contributed by atoms with Crippen molar-refractivity contribution in [3.63, 3.8) is 0 Å². The molecular formula is C28H26O7. The molecule has 0 saturated carbocycles. The van der Waals surface area contributed by atoms with Crippen LogP contribution in [0.3, 0.4) is 0 Å². The summed E-state index contributed by atoms with van der Waals surface area (Å²) in [6.07, 6.45) is 0.755. The molecule has 0 spiro atoms. The number of esters is 1. The molecule has 35 heavy (non-hydrogen) atoms. The molecule has 2 aliphatic heterocycles. The second-order valence-electron chi connectivity index (χ2n) is 9.03. The van der Waals surface area contributed by atoms with Gasteiger partial charge in [-0.05, 0) is 52.9 Å². The molecule has 6 rings (SSSR count). The van der Waals surface area contributed by atoms with E-state index in [1.54, 1.807) is 14.2 Å². The Morgan fingerprint density at radius 1 is 0.914 bits per heavy atom. The highest BCUT2D eigenvalue weighted by Gasteiger charge is 2.48. The molecule has 0 aromatic heterocycles. The van der Waals surface area contributed by atoms with E-state index in [0.29, 0.717) is 36.2 Å². The lowest BCUT2D eigenvalue weighted by Gasteiger charge is -2.34. The van der Waals surface area contributed by atoms with Crippen LogP contribution in [-0.2, 0) is 22.6 Å². The second-order valence-corrected chi connectivity index (χ2v) is 9.03. The van der Waals surface area contributed by atoms with Crippen LogP contribution < -0.4 is 23.7 Å². The average molecular weight is 475 g/mol. The van der Waals surface area contributed by atoms with Crippen molar-refractivity contribution in [2.75, 3.05) is 27.6 Å². The SMILES string of the molecule is COc1cc([C@@H]2c3cc4c(cc3C[C@H]3COC(=O)[C@@H]32)OCO4)cc(OC)c1OCc1ccccc1. The zero-order chi connectivity index (χ0) is 23.9. The summed E-state index contributed by atoms with van der Waals surface area (Å²) < 4.78 is 34.4. The van der Waals surface area contributed by atoms with Crippen LogP contribution in [0.5, 0.6) is 28.7 Å². The van der Waals surface area contributed by atoms with Gasteiger partial charge in [0.05, 0.1) is 26.7 Å². The fraction of sp³-hybridized carbons (Fsp3) is 0.321. The maximum absolute atomic E-state index is 12.9. The third-order valence-corrected chi connectivity index (χ3v) is 7.10. The highest BCUT2D eigenvalue weighted by molar-refractivity contribution is 5.78. The Labute approximate surface area is 203 Å². The van der Waals surface area contributed by atoms with Gasteiger partial charge in [0, 0.05) is 11.8 Å². The number of cyclic esters (lactones) is 1. The molecule has 7 nitrogen and oxygen atoms in total. The maximum Gasteiger partial charge on any atom is 0.310 e. The molecule has 7 heteroatoms. The molecule has 1 fully saturated rings. The van der Waals surface area contributed by atoms with Crippen molar-refractivity contribution in [3.8, 4) is 28.7 Å². The third kappa shape index (κ3) is 3.71. The van der Waals surface area contributed by atoms with Gasteiger partial charge in [-0.2, -0.15) is 0 Å². The molecule has 1 saturated heterocycles. The standard InChI is InChI=1S/C28H26O7/c1-30-23-10-18(11-24(31-2)27(23)32-13-16-6-4-3-5-7-16)25-20-12-22-21(34-15-35-22)9-17(20)8-19-14-33-28(29)26(19)25/h3-7,9-12,19,25-26H,8,13-15H2,1-2H3/t19-,25+,26-/m0/s1. The van der Waals surface area contributed by atoms with Crippen LogP contribution in [0.4, 0.5) is 0 Å². The van der Waals surface area contributed by atoms with Crippen molar-refractivity contribution in [1.82, 2.24) is 0 Å². The van der Waals surface area contributed by atoms with E-state index >= 15 is 0 Å². The van der Waals surface area contributed by atoms with Gasteiger partial charge in [-0.15, -0.1) is 0 Å². The molecule has 0 N–H and O–H groups in total. The van der Waals surface area contributed by atoms with E-state index in [1.807, 2.05) is 54.6 Å². The first-order valence-electron chi connectivity index (χ1n) is 11.7. The van der Waals surface area contributed by atoms with Crippen molar-refractivity contribution in [3.05, 3.63) is 76.9 Å². The summed E-state index contributed by atoms with van der Waals surface area (Å²) >= 11 is 0.